The van der Waals surface area contributed by atoms with Gasteiger partial charge in [-0.1, -0.05) is 18.2 Å². The van der Waals surface area contributed by atoms with Crippen molar-refractivity contribution in [1.29, 1.82) is 0 Å². The second-order valence-corrected chi connectivity index (χ2v) is 3.62. The van der Waals surface area contributed by atoms with Crippen molar-refractivity contribution in [3.8, 4) is 0 Å². The minimum atomic E-state index is -0.379. The molecule has 1 amide bonds. The molecule has 0 aliphatic heterocycles. The number of hydrogen-bond donors (Lipinski definition) is 0. The highest BCUT2D eigenvalue weighted by molar-refractivity contribution is 6.04. The van der Waals surface area contributed by atoms with Gasteiger partial charge in [0.05, 0.1) is 12.8 Å². The summed E-state index contributed by atoms with van der Waals surface area (Å²) in [6.07, 6.45) is 0. The van der Waals surface area contributed by atoms with Crippen molar-refractivity contribution in [3.05, 3.63) is 66.0 Å². The minimum absolute atomic E-state index is 0.344. The van der Waals surface area contributed by atoms with Gasteiger partial charge in [-0.25, -0.2) is 4.39 Å². The number of amides is 1. The summed E-state index contributed by atoms with van der Waals surface area (Å²) in [5.41, 5.74) is 0.983. The fourth-order valence-corrected chi connectivity index (χ4v) is 1.58. The Labute approximate surface area is 104 Å². The van der Waals surface area contributed by atoms with Crippen molar-refractivity contribution in [2.45, 2.75) is 0 Å². The Balaban J connectivity index is 2.28. The third-order valence-electron chi connectivity index (χ3n) is 2.45. The molecular formula is C14H12FNO2. The molecule has 92 valence electrons. The monoisotopic (exact) mass is 245 g/mol. The lowest BCUT2D eigenvalue weighted by Crippen LogP contribution is -2.29. The highest BCUT2D eigenvalue weighted by Gasteiger charge is 2.17. The molecule has 2 aromatic rings. The first-order chi connectivity index (χ1) is 8.72. The molecule has 0 aliphatic rings. The summed E-state index contributed by atoms with van der Waals surface area (Å²) in [6.45, 7) is 0. The lowest BCUT2D eigenvalue weighted by atomic mass is 10.2. The van der Waals surface area contributed by atoms with E-state index in [0.717, 1.165) is 5.06 Å². The number of halogens is 1. The SMILES string of the molecule is CON(C(=O)c1ccc(F)cc1)c1ccccc1. The van der Waals surface area contributed by atoms with Crippen molar-refractivity contribution < 1.29 is 14.0 Å². The molecule has 0 saturated carbocycles. The number of anilines is 1. The molecule has 0 aliphatic carbocycles. The van der Waals surface area contributed by atoms with Gasteiger partial charge in [0, 0.05) is 5.56 Å². The molecule has 0 radical (unpaired) electrons. The molecule has 0 unspecified atom stereocenters. The summed E-state index contributed by atoms with van der Waals surface area (Å²) >= 11 is 0. The van der Waals surface area contributed by atoms with Crippen molar-refractivity contribution >= 4 is 11.6 Å². The molecule has 2 rings (SSSR count). The van der Waals surface area contributed by atoms with Crippen molar-refractivity contribution in [2.75, 3.05) is 12.2 Å². The first-order valence-corrected chi connectivity index (χ1v) is 5.41. The van der Waals surface area contributed by atoms with Crippen LogP contribution in [0, 0.1) is 5.82 Å². The Bertz CT molecular complexity index is 525. The van der Waals surface area contributed by atoms with Crippen LogP contribution in [0.5, 0.6) is 0 Å². The molecular weight excluding hydrogens is 233 g/mol. The molecule has 0 heterocycles. The van der Waals surface area contributed by atoms with Gasteiger partial charge in [-0.3, -0.25) is 9.63 Å². The van der Waals surface area contributed by atoms with E-state index in [9.17, 15) is 9.18 Å². The smallest absolute Gasteiger partial charge is 0.269 e. The van der Waals surface area contributed by atoms with E-state index in [4.69, 9.17) is 4.84 Å². The highest BCUT2D eigenvalue weighted by atomic mass is 19.1. The molecule has 0 N–H and O–H groups in total. The van der Waals surface area contributed by atoms with Gasteiger partial charge in [-0.15, -0.1) is 0 Å². The zero-order chi connectivity index (χ0) is 13.0. The molecule has 2 aromatic carbocycles. The standard InChI is InChI=1S/C14H12FNO2/c1-18-16(13-5-3-2-4-6-13)14(17)11-7-9-12(15)10-8-11/h2-10H,1H3. The van der Waals surface area contributed by atoms with Gasteiger partial charge in [-0.2, -0.15) is 5.06 Å². The van der Waals surface area contributed by atoms with E-state index in [0.29, 0.717) is 11.3 Å². The maximum absolute atomic E-state index is 12.8. The maximum atomic E-state index is 12.8. The third kappa shape index (κ3) is 2.55. The van der Waals surface area contributed by atoms with Gasteiger partial charge in [0.15, 0.2) is 0 Å². The number of benzene rings is 2. The molecule has 0 saturated heterocycles. The van der Waals surface area contributed by atoms with Crippen LogP contribution in [0.1, 0.15) is 10.4 Å². The van der Waals surface area contributed by atoms with Gasteiger partial charge in [-0.05, 0) is 36.4 Å². The lowest BCUT2D eigenvalue weighted by Gasteiger charge is -2.19. The Morgan fingerprint density at radius 2 is 1.67 bits per heavy atom. The van der Waals surface area contributed by atoms with E-state index in [1.165, 1.54) is 31.4 Å². The molecule has 4 heteroatoms. The predicted octanol–water partition coefficient (Wildman–Crippen LogP) is 3.03. The average Bonchev–Trinajstić information content (AvgIpc) is 2.41. The summed E-state index contributed by atoms with van der Waals surface area (Å²) in [4.78, 5) is 17.2. The third-order valence-corrected chi connectivity index (χ3v) is 2.45. The summed E-state index contributed by atoms with van der Waals surface area (Å²) in [7, 11) is 1.41. The van der Waals surface area contributed by atoms with E-state index in [2.05, 4.69) is 0 Å². The van der Waals surface area contributed by atoms with Crippen LogP contribution >= 0.6 is 0 Å². The van der Waals surface area contributed by atoms with Crippen LogP contribution in [-0.4, -0.2) is 13.0 Å². The largest absolute Gasteiger partial charge is 0.282 e. The van der Waals surface area contributed by atoms with Crippen LogP contribution in [0.2, 0.25) is 0 Å². The van der Waals surface area contributed by atoms with Gasteiger partial charge >= 0.3 is 0 Å². The topological polar surface area (TPSA) is 29.5 Å². The molecule has 0 spiro atoms. The quantitative estimate of drug-likeness (QED) is 0.778. The van der Waals surface area contributed by atoms with Crippen LogP contribution in [0.25, 0.3) is 0 Å². The summed E-state index contributed by atoms with van der Waals surface area (Å²) in [5, 5.41) is 1.16. The van der Waals surface area contributed by atoms with E-state index < -0.39 is 0 Å². The first kappa shape index (κ1) is 12.3. The minimum Gasteiger partial charge on any atom is -0.269 e. The van der Waals surface area contributed by atoms with E-state index >= 15 is 0 Å². The van der Waals surface area contributed by atoms with E-state index in [1.54, 1.807) is 24.3 Å². The van der Waals surface area contributed by atoms with E-state index in [1.807, 2.05) is 6.07 Å². The number of rotatable bonds is 3. The van der Waals surface area contributed by atoms with Crippen LogP contribution in [0.3, 0.4) is 0 Å². The Hall–Kier alpha value is -2.20. The van der Waals surface area contributed by atoms with Crippen LogP contribution < -0.4 is 5.06 Å². The molecule has 18 heavy (non-hydrogen) atoms. The molecule has 3 nitrogen and oxygen atoms in total. The second kappa shape index (κ2) is 5.42. The van der Waals surface area contributed by atoms with Gasteiger partial charge in [0.2, 0.25) is 0 Å². The van der Waals surface area contributed by atoms with E-state index in [-0.39, 0.29) is 11.7 Å². The Morgan fingerprint density at radius 1 is 1.06 bits per heavy atom. The van der Waals surface area contributed by atoms with Crippen LogP contribution in [0.4, 0.5) is 10.1 Å². The number of hydroxylamine groups is 1. The van der Waals surface area contributed by atoms with Gasteiger partial charge in [0.25, 0.3) is 5.91 Å². The van der Waals surface area contributed by atoms with Gasteiger partial charge in [0.1, 0.15) is 5.82 Å². The Morgan fingerprint density at radius 3 is 2.22 bits per heavy atom. The van der Waals surface area contributed by atoms with Crippen molar-refractivity contribution in [2.24, 2.45) is 0 Å². The summed E-state index contributed by atoms with van der Waals surface area (Å²) in [5.74, 6) is -0.723. The van der Waals surface area contributed by atoms with Crippen LogP contribution in [0.15, 0.2) is 54.6 Å². The van der Waals surface area contributed by atoms with Gasteiger partial charge < -0.3 is 0 Å². The zero-order valence-electron chi connectivity index (χ0n) is 9.84. The second-order valence-electron chi connectivity index (χ2n) is 3.62. The number of carbonyl (C=O) groups is 1. The number of carbonyl (C=O) groups excluding carboxylic acids is 1. The van der Waals surface area contributed by atoms with Crippen molar-refractivity contribution in [1.82, 2.24) is 0 Å². The molecule has 0 aromatic heterocycles. The first-order valence-electron chi connectivity index (χ1n) is 5.41. The number of nitrogens with zero attached hydrogens (tertiary/aromatic N) is 1. The van der Waals surface area contributed by atoms with Crippen molar-refractivity contribution in [3.63, 3.8) is 0 Å². The molecule has 0 fully saturated rings. The molecule has 0 atom stereocenters. The van der Waals surface area contributed by atoms with Crippen LogP contribution in [-0.2, 0) is 4.84 Å². The Kier molecular flexibility index (Phi) is 3.69. The number of para-hydroxylation sites is 1. The zero-order valence-corrected chi connectivity index (χ0v) is 9.84. The fourth-order valence-electron chi connectivity index (χ4n) is 1.58. The number of hydrogen-bond acceptors (Lipinski definition) is 2. The summed E-state index contributed by atoms with van der Waals surface area (Å²) < 4.78 is 12.8. The molecule has 0 bridgehead atoms. The highest BCUT2D eigenvalue weighted by Crippen LogP contribution is 2.17. The fraction of sp³-hybridized carbons (Fsp3) is 0.0714. The summed E-state index contributed by atoms with van der Waals surface area (Å²) in [6, 6.07) is 14.3. The maximum Gasteiger partial charge on any atom is 0.282 e. The lowest BCUT2D eigenvalue weighted by molar-refractivity contribution is 0.0773. The average molecular weight is 245 g/mol. The predicted molar refractivity (Wildman–Crippen MR) is 66.7 cm³/mol. The normalized spacial score (nSPS) is 10.1.